The third kappa shape index (κ3) is 6.20. The van der Waals surface area contributed by atoms with Gasteiger partial charge in [-0.25, -0.2) is 0 Å². The van der Waals surface area contributed by atoms with E-state index in [2.05, 4.69) is 150 Å². The van der Waals surface area contributed by atoms with Crippen molar-refractivity contribution in [3.05, 3.63) is 94.5 Å². The van der Waals surface area contributed by atoms with Gasteiger partial charge >= 0.3 is 0 Å². The molecule has 34 heavy (non-hydrogen) atoms. The van der Waals surface area contributed by atoms with Gasteiger partial charge in [-0.3, -0.25) is 0 Å². The van der Waals surface area contributed by atoms with Crippen LogP contribution in [0.25, 0.3) is 11.3 Å². The Bertz CT molecular complexity index is 1040. The summed E-state index contributed by atoms with van der Waals surface area (Å²) in [6, 6.07) is 9.62. The van der Waals surface area contributed by atoms with E-state index in [1.54, 1.807) is 10.0 Å². The minimum atomic E-state index is -1.67. The molecular formula is C30H46Si4. The van der Waals surface area contributed by atoms with Gasteiger partial charge in [0.2, 0.25) is 0 Å². The second kappa shape index (κ2) is 9.88. The second-order valence-electron chi connectivity index (χ2n) is 13.4. The predicted molar refractivity (Wildman–Crippen MR) is 168 cm³/mol. The van der Waals surface area contributed by atoms with Crippen LogP contribution in [-0.4, -0.2) is 32.3 Å². The summed E-state index contributed by atoms with van der Waals surface area (Å²) in [4.78, 5) is 1.78. The van der Waals surface area contributed by atoms with E-state index in [-0.39, 0.29) is 0 Å². The van der Waals surface area contributed by atoms with Crippen molar-refractivity contribution in [2.45, 2.75) is 76.6 Å². The van der Waals surface area contributed by atoms with E-state index >= 15 is 0 Å². The Kier molecular flexibility index (Phi) is 7.88. The maximum atomic E-state index is 2.69. The highest BCUT2D eigenvalue weighted by atomic mass is 28.4. The maximum Gasteiger partial charge on any atom is 0.0910 e. The molecule has 2 aliphatic carbocycles. The minimum Gasteiger partial charge on any atom is -0.0951 e. The molecule has 0 atom stereocenters. The average Bonchev–Trinajstić information content (AvgIpc) is 3.43. The molecule has 0 radical (unpaired) electrons. The Labute approximate surface area is 214 Å². The summed E-state index contributed by atoms with van der Waals surface area (Å²) in [5, 5.41) is 1.64. The number of allylic oxidation sites excluding steroid dienone is 8. The standard InChI is InChI=1S/C30H46Si4/c1-31(2,3)24-29(33(7,8)27-15-11-12-16-27)26-21-19-25(20-22-26)23-30(32(4,5)6)34(9,10)28-17-13-14-18-28/h11-24,27-28H,1-10H3/b29-24+,30-23+. The Morgan fingerprint density at radius 2 is 1.06 bits per heavy atom. The van der Waals surface area contributed by atoms with Crippen LogP contribution in [0, 0.1) is 0 Å². The van der Waals surface area contributed by atoms with E-state index in [0.717, 1.165) is 0 Å². The first-order chi connectivity index (χ1) is 15.6. The van der Waals surface area contributed by atoms with Gasteiger partial charge in [0, 0.05) is 0 Å². The molecule has 0 fully saturated rings. The first kappa shape index (κ1) is 27.1. The zero-order chi connectivity index (χ0) is 25.4. The molecule has 0 saturated carbocycles. The van der Waals surface area contributed by atoms with Crippen LogP contribution < -0.4 is 0 Å². The molecule has 0 N–H and O–H groups in total. The quantitative estimate of drug-likeness (QED) is 0.300. The molecule has 0 nitrogen and oxygen atoms in total. The molecule has 0 unspecified atom stereocenters. The summed E-state index contributed by atoms with van der Waals surface area (Å²) >= 11 is 0. The van der Waals surface area contributed by atoms with Gasteiger partial charge in [-0.05, 0) is 22.2 Å². The van der Waals surface area contributed by atoms with Crippen molar-refractivity contribution in [3.63, 3.8) is 0 Å². The fourth-order valence-electron chi connectivity index (χ4n) is 5.55. The van der Waals surface area contributed by atoms with E-state index in [9.17, 15) is 0 Å². The first-order valence-corrected chi connectivity index (χ1v) is 26.1. The molecule has 0 spiro atoms. The molecule has 1 aromatic rings. The van der Waals surface area contributed by atoms with Crippen molar-refractivity contribution in [2.24, 2.45) is 0 Å². The molecule has 3 rings (SSSR count). The average molecular weight is 519 g/mol. The van der Waals surface area contributed by atoms with Gasteiger partial charge in [0.05, 0.1) is 32.3 Å². The summed E-state index contributed by atoms with van der Waals surface area (Å²) in [5.41, 5.74) is 6.72. The molecule has 0 aliphatic heterocycles. The lowest BCUT2D eigenvalue weighted by Gasteiger charge is -2.37. The van der Waals surface area contributed by atoms with Crippen LogP contribution in [-0.2, 0) is 0 Å². The summed E-state index contributed by atoms with van der Waals surface area (Å²) in [6.07, 6.45) is 21.2. The van der Waals surface area contributed by atoms with Gasteiger partial charge in [-0.1, -0.05) is 160 Å². The highest BCUT2D eigenvalue weighted by molar-refractivity contribution is 7.06. The lowest BCUT2D eigenvalue weighted by Crippen LogP contribution is -2.44. The van der Waals surface area contributed by atoms with Crippen LogP contribution in [0.1, 0.15) is 11.1 Å². The van der Waals surface area contributed by atoms with Crippen molar-refractivity contribution < 1.29 is 0 Å². The van der Waals surface area contributed by atoms with Gasteiger partial charge in [0.1, 0.15) is 0 Å². The number of hydrogen-bond donors (Lipinski definition) is 0. The molecule has 0 amide bonds. The van der Waals surface area contributed by atoms with Crippen LogP contribution in [0.2, 0.25) is 76.6 Å². The maximum absolute atomic E-state index is 2.69. The first-order valence-electron chi connectivity index (χ1n) is 12.9. The predicted octanol–water partition coefficient (Wildman–Crippen LogP) is 9.70. The monoisotopic (exact) mass is 518 g/mol. The highest BCUT2D eigenvalue weighted by Crippen LogP contribution is 2.41. The Morgan fingerprint density at radius 3 is 1.47 bits per heavy atom. The Hall–Kier alpha value is -1.47. The number of benzene rings is 1. The fraction of sp³-hybridized carbons (Fsp3) is 0.400. The lowest BCUT2D eigenvalue weighted by atomic mass is 10.1. The Balaban J connectivity index is 2.02. The van der Waals surface area contributed by atoms with Crippen molar-refractivity contribution in [1.29, 1.82) is 0 Å². The SMILES string of the molecule is C[Si](C)(C)/C=C(\c1ccc(/C=C(\[Si](C)(C)C)[Si](C)(C)C2C=CC=C2)cc1)[Si](C)(C)C1C=CC=C1. The van der Waals surface area contributed by atoms with Gasteiger partial charge in [0.25, 0.3) is 0 Å². The summed E-state index contributed by atoms with van der Waals surface area (Å²) in [5.74, 6) is 0. The zero-order valence-electron chi connectivity index (χ0n) is 23.2. The second-order valence-corrected chi connectivity index (χ2v) is 33.2. The van der Waals surface area contributed by atoms with Gasteiger partial charge in [0.15, 0.2) is 0 Å². The highest BCUT2D eigenvalue weighted by Gasteiger charge is 2.39. The van der Waals surface area contributed by atoms with E-state index in [1.807, 2.05) is 0 Å². The minimum absolute atomic E-state index is 0.590. The Morgan fingerprint density at radius 1 is 0.618 bits per heavy atom. The lowest BCUT2D eigenvalue weighted by molar-refractivity contribution is 1.30. The molecule has 4 heteroatoms. The molecule has 2 aliphatic rings. The van der Waals surface area contributed by atoms with Crippen molar-refractivity contribution in [1.82, 2.24) is 0 Å². The summed E-state index contributed by atoms with van der Waals surface area (Å²) in [7, 11) is -6.07. The largest absolute Gasteiger partial charge is 0.0951 e. The fourth-order valence-corrected chi connectivity index (χ4v) is 22.7. The smallest absolute Gasteiger partial charge is 0.0910 e. The van der Waals surface area contributed by atoms with E-state index in [4.69, 9.17) is 0 Å². The van der Waals surface area contributed by atoms with E-state index in [0.29, 0.717) is 11.1 Å². The molecule has 0 aromatic heterocycles. The van der Waals surface area contributed by atoms with Crippen LogP contribution in [0.3, 0.4) is 0 Å². The molecule has 0 bridgehead atoms. The molecule has 182 valence electrons. The van der Waals surface area contributed by atoms with Crippen molar-refractivity contribution in [2.75, 3.05) is 0 Å². The molecular weight excluding hydrogens is 473 g/mol. The number of hydrogen-bond acceptors (Lipinski definition) is 0. The van der Waals surface area contributed by atoms with Gasteiger partial charge in [-0.15, -0.1) is 0 Å². The van der Waals surface area contributed by atoms with Crippen LogP contribution in [0.5, 0.6) is 0 Å². The van der Waals surface area contributed by atoms with Gasteiger partial charge in [-0.2, -0.15) is 0 Å². The van der Waals surface area contributed by atoms with E-state index < -0.39 is 32.3 Å². The van der Waals surface area contributed by atoms with Crippen molar-refractivity contribution >= 4 is 43.6 Å². The van der Waals surface area contributed by atoms with Crippen LogP contribution in [0.15, 0.2) is 83.4 Å². The van der Waals surface area contributed by atoms with Crippen molar-refractivity contribution in [3.8, 4) is 0 Å². The third-order valence-electron chi connectivity index (χ3n) is 7.47. The zero-order valence-corrected chi connectivity index (χ0v) is 27.2. The van der Waals surface area contributed by atoms with Crippen LogP contribution >= 0.6 is 0 Å². The van der Waals surface area contributed by atoms with Crippen LogP contribution in [0.4, 0.5) is 0 Å². The van der Waals surface area contributed by atoms with E-state index in [1.165, 1.54) is 11.1 Å². The molecule has 1 aromatic carbocycles. The number of rotatable bonds is 8. The topological polar surface area (TPSA) is 0 Å². The summed E-state index contributed by atoms with van der Waals surface area (Å²) in [6.45, 7) is 25.2. The summed E-state index contributed by atoms with van der Waals surface area (Å²) < 4.78 is 0. The normalized spacial score (nSPS) is 18.5. The molecule has 0 heterocycles. The van der Waals surface area contributed by atoms with Gasteiger partial charge < -0.3 is 0 Å². The molecule has 0 saturated heterocycles. The third-order valence-corrected chi connectivity index (χ3v) is 22.3.